The van der Waals surface area contributed by atoms with Crippen LogP contribution in [0.3, 0.4) is 0 Å². The maximum Gasteiger partial charge on any atom is 0.458 e. The van der Waals surface area contributed by atoms with Gasteiger partial charge < -0.3 is 9.31 Å². The first-order valence-electron chi connectivity index (χ1n) is 6.71. The summed E-state index contributed by atoms with van der Waals surface area (Å²) < 4.78 is 12.0. The van der Waals surface area contributed by atoms with Gasteiger partial charge in [-0.2, -0.15) is 0 Å². The van der Waals surface area contributed by atoms with E-state index in [0.29, 0.717) is 0 Å². The van der Waals surface area contributed by atoms with E-state index in [1.807, 2.05) is 0 Å². The van der Waals surface area contributed by atoms with Crippen molar-refractivity contribution in [3.8, 4) is 0 Å². The van der Waals surface area contributed by atoms with Crippen molar-refractivity contribution in [3.63, 3.8) is 0 Å². The van der Waals surface area contributed by atoms with E-state index in [-0.39, 0.29) is 18.3 Å². The van der Waals surface area contributed by atoms with Gasteiger partial charge in [0.05, 0.1) is 11.2 Å². The van der Waals surface area contributed by atoms with E-state index in [4.69, 9.17) is 9.31 Å². The second-order valence-electron chi connectivity index (χ2n) is 6.21. The number of benzene rings is 1. The summed E-state index contributed by atoms with van der Waals surface area (Å²) in [6.07, 6.45) is 1.91. The molecular formula is C15H23BO2. The topological polar surface area (TPSA) is 18.5 Å². The molecule has 1 aromatic carbocycles. The smallest absolute Gasteiger partial charge is 0.403 e. The van der Waals surface area contributed by atoms with Crippen LogP contribution in [0.5, 0.6) is 0 Å². The van der Waals surface area contributed by atoms with Crippen molar-refractivity contribution in [1.29, 1.82) is 0 Å². The molecule has 0 aromatic heterocycles. The summed E-state index contributed by atoms with van der Waals surface area (Å²) in [5, 5.41) is 0. The van der Waals surface area contributed by atoms with Gasteiger partial charge >= 0.3 is 7.12 Å². The molecule has 1 aliphatic rings. The van der Waals surface area contributed by atoms with Crippen LogP contribution >= 0.6 is 0 Å². The van der Waals surface area contributed by atoms with Crippen molar-refractivity contribution in [2.45, 2.75) is 58.6 Å². The SMILES string of the molecule is Cc1ccc(CCB2OC(C)(C)C(C)(C)O2)cc1. The van der Waals surface area contributed by atoms with Crippen LogP contribution in [0.25, 0.3) is 0 Å². The van der Waals surface area contributed by atoms with Crippen molar-refractivity contribution in [1.82, 2.24) is 0 Å². The Balaban J connectivity index is 1.91. The summed E-state index contributed by atoms with van der Waals surface area (Å²) in [5.74, 6) is 0. The molecular weight excluding hydrogens is 223 g/mol. The third-order valence-electron chi connectivity index (χ3n) is 4.09. The molecule has 2 rings (SSSR count). The Labute approximate surface area is 111 Å². The molecule has 0 spiro atoms. The van der Waals surface area contributed by atoms with Crippen LogP contribution in [0, 0.1) is 6.92 Å². The van der Waals surface area contributed by atoms with E-state index in [1.165, 1.54) is 11.1 Å². The molecule has 0 atom stereocenters. The second-order valence-corrected chi connectivity index (χ2v) is 6.21. The minimum absolute atomic E-state index is 0.0868. The van der Waals surface area contributed by atoms with Crippen LogP contribution in [0.2, 0.25) is 6.32 Å². The van der Waals surface area contributed by atoms with Gasteiger partial charge in [0.15, 0.2) is 0 Å². The minimum atomic E-state index is -0.217. The van der Waals surface area contributed by atoms with Crippen molar-refractivity contribution in [3.05, 3.63) is 35.4 Å². The first kappa shape index (κ1) is 13.6. The molecule has 0 N–H and O–H groups in total. The average molecular weight is 246 g/mol. The van der Waals surface area contributed by atoms with Crippen molar-refractivity contribution >= 4 is 7.12 Å². The summed E-state index contributed by atoms with van der Waals surface area (Å²) in [7, 11) is -0.0868. The van der Waals surface area contributed by atoms with Gasteiger partial charge in [-0.3, -0.25) is 0 Å². The van der Waals surface area contributed by atoms with Gasteiger partial charge in [0.2, 0.25) is 0 Å². The number of rotatable bonds is 3. The Morgan fingerprint density at radius 2 is 1.44 bits per heavy atom. The standard InChI is InChI=1S/C15H23BO2/c1-12-6-8-13(9-7-12)10-11-16-17-14(2,3)15(4,5)18-16/h6-9H,10-11H2,1-5H3. The van der Waals surface area contributed by atoms with Crippen molar-refractivity contribution < 1.29 is 9.31 Å². The van der Waals surface area contributed by atoms with Gasteiger partial charge in [-0.1, -0.05) is 29.8 Å². The van der Waals surface area contributed by atoms with E-state index in [9.17, 15) is 0 Å². The van der Waals surface area contributed by atoms with Gasteiger partial charge in [-0.15, -0.1) is 0 Å². The minimum Gasteiger partial charge on any atom is -0.403 e. The summed E-state index contributed by atoms with van der Waals surface area (Å²) in [6.45, 7) is 10.5. The Morgan fingerprint density at radius 1 is 0.944 bits per heavy atom. The Hall–Kier alpha value is -0.795. The third-order valence-corrected chi connectivity index (χ3v) is 4.09. The van der Waals surface area contributed by atoms with Crippen LogP contribution in [0.1, 0.15) is 38.8 Å². The highest BCUT2D eigenvalue weighted by Crippen LogP contribution is 2.37. The van der Waals surface area contributed by atoms with Crippen LogP contribution in [-0.4, -0.2) is 18.3 Å². The molecule has 1 heterocycles. The van der Waals surface area contributed by atoms with E-state index in [0.717, 1.165) is 12.7 Å². The zero-order chi connectivity index (χ0) is 13.4. The first-order chi connectivity index (χ1) is 8.30. The summed E-state index contributed by atoms with van der Waals surface area (Å²) in [5.41, 5.74) is 2.21. The van der Waals surface area contributed by atoms with Crippen LogP contribution in [-0.2, 0) is 15.7 Å². The van der Waals surface area contributed by atoms with Crippen LogP contribution in [0.15, 0.2) is 24.3 Å². The highest BCUT2D eigenvalue weighted by molar-refractivity contribution is 6.45. The summed E-state index contributed by atoms with van der Waals surface area (Å²) in [4.78, 5) is 0. The van der Waals surface area contributed by atoms with Gasteiger partial charge in [-0.05, 0) is 52.9 Å². The fourth-order valence-electron chi connectivity index (χ4n) is 2.12. The highest BCUT2D eigenvalue weighted by Gasteiger charge is 2.50. The second kappa shape index (κ2) is 4.71. The van der Waals surface area contributed by atoms with E-state index in [1.54, 1.807) is 0 Å². The molecule has 1 aromatic rings. The highest BCUT2D eigenvalue weighted by atomic mass is 16.7. The lowest BCUT2D eigenvalue weighted by atomic mass is 9.81. The fourth-order valence-corrected chi connectivity index (χ4v) is 2.12. The monoisotopic (exact) mass is 246 g/mol. The first-order valence-corrected chi connectivity index (χ1v) is 6.71. The molecule has 3 heteroatoms. The molecule has 1 saturated heterocycles. The molecule has 2 nitrogen and oxygen atoms in total. The van der Waals surface area contributed by atoms with Crippen LogP contribution in [0.4, 0.5) is 0 Å². The lowest BCUT2D eigenvalue weighted by Crippen LogP contribution is -2.41. The fraction of sp³-hybridized carbons (Fsp3) is 0.600. The zero-order valence-electron chi connectivity index (χ0n) is 12.1. The number of hydrogen-bond acceptors (Lipinski definition) is 2. The van der Waals surface area contributed by atoms with Gasteiger partial charge in [-0.25, -0.2) is 0 Å². The third kappa shape index (κ3) is 2.78. The molecule has 0 amide bonds. The zero-order valence-corrected chi connectivity index (χ0v) is 12.1. The molecule has 0 saturated carbocycles. The number of aryl methyl sites for hydroxylation is 2. The predicted molar refractivity (Wildman–Crippen MR) is 75.8 cm³/mol. The predicted octanol–water partition coefficient (Wildman–Crippen LogP) is 3.63. The Morgan fingerprint density at radius 3 is 1.94 bits per heavy atom. The van der Waals surface area contributed by atoms with Gasteiger partial charge in [0.25, 0.3) is 0 Å². The Bertz CT molecular complexity index is 393. The molecule has 0 bridgehead atoms. The Kier molecular flexibility index (Phi) is 3.57. The molecule has 1 fully saturated rings. The van der Waals surface area contributed by atoms with Crippen molar-refractivity contribution in [2.75, 3.05) is 0 Å². The summed E-state index contributed by atoms with van der Waals surface area (Å²) in [6, 6.07) is 8.67. The molecule has 0 radical (unpaired) electrons. The number of hydrogen-bond donors (Lipinski definition) is 0. The van der Waals surface area contributed by atoms with E-state index < -0.39 is 0 Å². The molecule has 18 heavy (non-hydrogen) atoms. The van der Waals surface area contributed by atoms with Crippen molar-refractivity contribution in [2.24, 2.45) is 0 Å². The average Bonchev–Trinajstić information content (AvgIpc) is 2.47. The van der Waals surface area contributed by atoms with Crippen LogP contribution < -0.4 is 0 Å². The van der Waals surface area contributed by atoms with Gasteiger partial charge in [0, 0.05) is 0 Å². The largest absolute Gasteiger partial charge is 0.458 e. The summed E-state index contributed by atoms with van der Waals surface area (Å²) >= 11 is 0. The maximum atomic E-state index is 5.99. The van der Waals surface area contributed by atoms with E-state index >= 15 is 0 Å². The molecule has 0 unspecified atom stereocenters. The molecule has 98 valence electrons. The van der Waals surface area contributed by atoms with Gasteiger partial charge in [0.1, 0.15) is 0 Å². The molecule has 1 aliphatic heterocycles. The molecule has 0 aliphatic carbocycles. The van der Waals surface area contributed by atoms with E-state index in [2.05, 4.69) is 58.9 Å². The lowest BCUT2D eigenvalue weighted by Gasteiger charge is -2.32. The quantitative estimate of drug-likeness (QED) is 0.758. The lowest BCUT2D eigenvalue weighted by molar-refractivity contribution is 0.00578. The normalized spacial score (nSPS) is 21.3. The maximum absolute atomic E-state index is 5.99.